The third kappa shape index (κ3) is 2.55. The predicted octanol–water partition coefficient (Wildman–Crippen LogP) is 3.04. The molecule has 1 aromatic carbocycles. The number of aliphatic hydroxyl groups is 1. The van der Waals surface area contributed by atoms with E-state index in [0.29, 0.717) is 12.1 Å². The maximum absolute atomic E-state index is 14.0. The lowest BCUT2D eigenvalue weighted by Crippen LogP contribution is -2.41. The van der Waals surface area contributed by atoms with Gasteiger partial charge in [-0.3, -0.25) is 0 Å². The van der Waals surface area contributed by atoms with Crippen LogP contribution < -0.4 is 4.74 Å². The lowest BCUT2D eigenvalue weighted by Gasteiger charge is -2.38. The minimum Gasteiger partial charge on any atom is -0.406 e. The molecule has 1 saturated carbocycles. The molecule has 7 heteroatoms. The summed E-state index contributed by atoms with van der Waals surface area (Å²) in [6.45, 7) is 0. The molecule has 1 fully saturated rings. The van der Waals surface area contributed by atoms with Gasteiger partial charge in [0.1, 0.15) is 17.2 Å². The molecule has 0 radical (unpaired) electrons. The zero-order valence-electron chi connectivity index (χ0n) is 8.97. The minimum absolute atomic E-state index is 0.334. The first-order valence-electron chi connectivity index (χ1n) is 5.12. The number of ether oxygens (including phenoxy) is 1. The fourth-order valence-electron chi connectivity index (χ4n) is 1.95. The first-order chi connectivity index (χ1) is 8.20. The molecule has 1 aliphatic carbocycles. The number of rotatable bonds is 2. The van der Waals surface area contributed by atoms with Gasteiger partial charge in [-0.25, -0.2) is 8.78 Å². The van der Waals surface area contributed by atoms with E-state index in [1.807, 2.05) is 0 Å². The van der Waals surface area contributed by atoms with Gasteiger partial charge < -0.3 is 9.84 Å². The highest BCUT2D eigenvalue weighted by Crippen LogP contribution is 2.47. The maximum atomic E-state index is 14.0. The largest absolute Gasteiger partial charge is 0.573 e. The van der Waals surface area contributed by atoms with Crippen molar-refractivity contribution in [3.63, 3.8) is 0 Å². The van der Waals surface area contributed by atoms with Crippen molar-refractivity contribution >= 4 is 0 Å². The Labute approximate surface area is 99.0 Å². The van der Waals surface area contributed by atoms with Crippen molar-refractivity contribution in [1.82, 2.24) is 0 Å². The van der Waals surface area contributed by atoms with Crippen molar-refractivity contribution < 1.29 is 31.8 Å². The van der Waals surface area contributed by atoms with E-state index in [-0.39, 0.29) is 12.8 Å². The summed E-state index contributed by atoms with van der Waals surface area (Å²) in [6, 6.07) is 2.15. The average molecular weight is 268 g/mol. The third-order valence-electron chi connectivity index (χ3n) is 2.77. The van der Waals surface area contributed by atoms with Crippen LogP contribution in [-0.2, 0) is 5.67 Å². The molecule has 0 atom stereocenters. The van der Waals surface area contributed by atoms with Crippen LogP contribution in [0, 0.1) is 5.82 Å². The number of alkyl halides is 4. The molecule has 0 spiro atoms. The SMILES string of the molecule is OC1CC(F)(c2cc(OC(F)(F)F)ccc2F)C1. The third-order valence-corrected chi connectivity index (χ3v) is 2.77. The average Bonchev–Trinajstić information content (AvgIpc) is 2.16. The van der Waals surface area contributed by atoms with Crippen LogP contribution in [0.15, 0.2) is 18.2 Å². The highest BCUT2D eigenvalue weighted by atomic mass is 19.4. The quantitative estimate of drug-likeness (QED) is 0.835. The molecule has 18 heavy (non-hydrogen) atoms. The number of hydrogen-bond acceptors (Lipinski definition) is 2. The van der Waals surface area contributed by atoms with Gasteiger partial charge in [-0.05, 0) is 18.2 Å². The molecule has 1 aliphatic rings. The van der Waals surface area contributed by atoms with Crippen molar-refractivity contribution in [2.45, 2.75) is 31.0 Å². The van der Waals surface area contributed by atoms with Crippen LogP contribution >= 0.6 is 0 Å². The predicted molar refractivity (Wildman–Crippen MR) is 51.1 cm³/mol. The fraction of sp³-hybridized carbons (Fsp3) is 0.455. The summed E-state index contributed by atoms with van der Waals surface area (Å²) < 4.78 is 66.9. The monoisotopic (exact) mass is 268 g/mol. The van der Waals surface area contributed by atoms with Crippen LogP contribution in [0.1, 0.15) is 18.4 Å². The van der Waals surface area contributed by atoms with Gasteiger partial charge in [0.05, 0.1) is 6.10 Å². The van der Waals surface area contributed by atoms with E-state index < -0.39 is 35.3 Å². The minimum atomic E-state index is -4.92. The van der Waals surface area contributed by atoms with Crippen LogP contribution in [0.25, 0.3) is 0 Å². The van der Waals surface area contributed by atoms with Gasteiger partial charge in [0.2, 0.25) is 0 Å². The highest BCUT2D eigenvalue weighted by molar-refractivity contribution is 5.35. The topological polar surface area (TPSA) is 29.5 Å². The summed E-state index contributed by atoms with van der Waals surface area (Å²) in [5.41, 5.74) is -2.65. The van der Waals surface area contributed by atoms with Gasteiger partial charge in [-0.1, -0.05) is 0 Å². The number of aliphatic hydroxyl groups excluding tert-OH is 1. The van der Waals surface area contributed by atoms with E-state index in [0.717, 1.165) is 6.07 Å². The van der Waals surface area contributed by atoms with Crippen molar-refractivity contribution in [2.24, 2.45) is 0 Å². The van der Waals surface area contributed by atoms with E-state index >= 15 is 0 Å². The van der Waals surface area contributed by atoms with Crippen LogP contribution in [0.2, 0.25) is 0 Å². The molecule has 0 amide bonds. The second-order valence-electron chi connectivity index (χ2n) is 4.22. The smallest absolute Gasteiger partial charge is 0.406 e. The maximum Gasteiger partial charge on any atom is 0.573 e. The van der Waals surface area contributed by atoms with E-state index in [1.54, 1.807) is 0 Å². The van der Waals surface area contributed by atoms with Gasteiger partial charge in [0, 0.05) is 18.4 Å². The van der Waals surface area contributed by atoms with Crippen LogP contribution in [0.5, 0.6) is 5.75 Å². The molecule has 2 nitrogen and oxygen atoms in total. The Hall–Kier alpha value is -1.37. The molecular weight excluding hydrogens is 259 g/mol. The van der Waals surface area contributed by atoms with Crippen LogP contribution in [-0.4, -0.2) is 17.6 Å². The second-order valence-corrected chi connectivity index (χ2v) is 4.22. The van der Waals surface area contributed by atoms with E-state index in [1.165, 1.54) is 0 Å². The molecule has 1 N–H and O–H groups in total. The standard InChI is InChI=1S/C11H9F5O2/c12-9-2-1-7(18-11(14,15)16)3-8(9)10(13)4-6(17)5-10/h1-3,6,17H,4-5H2. The first-order valence-corrected chi connectivity index (χ1v) is 5.12. The van der Waals surface area contributed by atoms with E-state index in [2.05, 4.69) is 4.74 Å². The summed E-state index contributed by atoms with van der Waals surface area (Å²) in [5.74, 6) is -1.64. The molecule has 0 heterocycles. The zero-order chi connectivity index (χ0) is 13.6. The molecule has 100 valence electrons. The Bertz CT molecular complexity index is 451. The normalized spacial score (nSPS) is 27.8. The summed E-state index contributed by atoms with van der Waals surface area (Å²) >= 11 is 0. The van der Waals surface area contributed by atoms with Gasteiger partial charge >= 0.3 is 6.36 Å². The zero-order valence-corrected chi connectivity index (χ0v) is 8.97. The Balaban J connectivity index is 2.28. The summed E-state index contributed by atoms with van der Waals surface area (Å²) in [6.07, 6.45) is -6.49. The summed E-state index contributed by atoms with van der Waals surface area (Å²) in [4.78, 5) is 0. The van der Waals surface area contributed by atoms with E-state index in [9.17, 15) is 22.0 Å². The fourth-order valence-corrected chi connectivity index (χ4v) is 1.95. The molecular formula is C11H9F5O2. The molecule has 0 aliphatic heterocycles. The second kappa shape index (κ2) is 4.08. The number of hydrogen-bond donors (Lipinski definition) is 1. The van der Waals surface area contributed by atoms with Gasteiger partial charge in [0.15, 0.2) is 0 Å². The first kappa shape index (κ1) is 13.1. The van der Waals surface area contributed by atoms with Crippen LogP contribution in [0.3, 0.4) is 0 Å². The Kier molecular flexibility index (Phi) is 2.96. The lowest BCUT2D eigenvalue weighted by atomic mass is 9.74. The molecule has 2 rings (SSSR count). The van der Waals surface area contributed by atoms with Crippen molar-refractivity contribution in [3.05, 3.63) is 29.6 Å². The van der Waals surface area contributed by atoms with Crippen molar-refractivity contribution in [1.29, 1.82) is 0 Å². The van der Waals surface area contributed by atoms with Gasteiger partial charge in [-0.2, -0.15) is 0 Å². The van der Waals surface area contributed by atoms with Crippen molar-refractivity contribution in [3.8, 4) is 5.75 Å². The Morgan fingerprint density at radius 3 is 2.39 bits per heavy atom. The van der Waals surface area contributed by atoms with Gasteiger partial charge in [0.25, 0.3) is 0 Å². The van der Waals surface area contributed by atoms with E-state index in [4.69, 9.17) is 5.11 Å². The summed E-state index contributed by atoms with van der Waals surface area (Å²) in [7, 11) is 0. The van der Waals surface area contributed by atoms with Gasteiger partial charge in [-0.15, -0.1) is 13.2 Å². The highest BCUT2D eigenvalue weighted by Gasteiger charge is 2.47. The number of benzene rings is 1. The van der Waals surface area contributed by atoms with Crippen LogP contribution in [0.4, 0.5) is 22.0 Å². The molecule has 0 aromatic heterocycles. The molecule has 0 saturated heterocycles. The number of halogens is 5. The Morgan fingerprint density at radius 1 is 1.28 bits per heavy atom. The molecule has 1 aromatic rings. The Morgan fingerprint density at radius 2 is 1.89 bits per heavy atom. The lowest BCUT2D eigenvalue weighted by molar-refractivity contribution is -0.274. The van der Waals surface area contributed by atoms with Crippen molar-refractivity contribution in [2.75, 3.05) is 0 Å². The molecule has 0 bridgehead atoms. The summed E-state index contributed by atoms with van der Waals surface area (Å²) in [5, 5.41) is 9.02. The molecule has 0 unspecified atom stereocenters.